The molecule has 0 aliphatic heterocycles. The van der Waals surface area contributed by atoms with Crippen molar-refractivity contribution in [3.8, 4) is 0 Å². The van der Waals surface area contributed by atoms with Gasteiger partial charge < -0.3 is 9.30 Å². The molecule has 3 aromatic rings. The Hall–Kier alpha value is -2.44. The Kier molecular flexibility index (Phi) is 5.31. The normalized spacial score (nSPS) is 11.7. The van der Waals surface area contributed by atoms with Gasteiger partial charge in [0.05, 0.1) is 28.8 Å². The number of ether oxygens (including phenoxy) is 1. The van der Waals surface area contributed by atoms with Crippen molar-refractivity contribution in [3.05, 3.63) is 63.9 Å². The highest BCUT2D eigenvalue weighted by Gasteiger charge is 2.14. The first-order chi connectivity index (χ1) is 12.1. The molecule has 0 aliphatic carbocycles. The minimum atomic E-state index is -0.434. The zero-order chi connectivity index (χ0) is 17.8. The third kappa shape index (κ3) is 3.97. The van der Waals surface area contributed by atoms with Crippen LogP contribution in [0.2, 0.25) is 5.02 Å². The molecule has 0 bridgehead atoms. The second kappa shape index (κ2) is 7.63. The van der Waals surface area contributed by atoms with E-state index >= 15 is 0 Å². The standard InChI is InChI=1S/C18H15ClN2O3S/c1-24-16(23)11-21-17-13(19)8-5-9-14(17)25-18(21)20-15(22)10-12-6-3-2-4-7-12/h2-9H,10-11H2,1H3. The molecule has 0 fully saturated rings. The Morgan fingerprint density at radius 2 is 1.92 bits per heavy atom. The Labute approximate surface area is 153 Å². The summed E-state index contributed by atoms with van der Waals surface area (Å²) in [4.78, 5) is 28.7. The maximum Gasteiger partial charge on any atom is 0.325 e. The molecule has 0 saturated carbocycles. The molecule has 1 aromatic heterocycles. The number of hydrogen-bond acceptors (Lipinski definition) is 4. The highest BCUT2D eigenvalue weighted by atomic mass is 35.5. The van der Waals surface area contributed by atoms with Gasteiger partial charge in [0.1, 0.15) is 6.54 Å². The molecule has 0 atom stereocenters. The highest BCUT2D eigenvalue weighted by molar-refractivity contribution is 7.16. The van der Waals surface area contributed by atoms with Crippen LogP contribution >= 0.6 is 22.9 Å². The summed E-state index contributed by atoms with van der Waals surface area (Å²) < 4.78 is 7.21. The number of thiazole rings is 1. The number of aromatic nitrogens is 1. The number of amides is 1. The van der Waals surface area contributed by atoms with Crippen molar-refractivity contribution in [3.63, 3.8) is 0 Å². The van der Waals surface area contributed by atoms with E-state index < -0.39 is 5.97 Å². The molecule has 1 heterocycles. The van der Waals surface area contributed by atoms with E-state index in [0.29, 0.717) is 15.3 Å². The van der Waals surface area contributed by atoms with Crippen LogP contribution in [0.3, 0.4) is 0 Å². The van der Waals surface area contributed by atoms with Crippen LogP contribution < -0.4 is 4.80 Å². The second-order valence-electron chi connectivity index (χ2n) is 5.30. The molecule has 2 aromatic carbocycles. The van der Waals surface area contributed by atoms with Gasteiger partial charge >= 0.3 is 5.97 Å². The summed E-state index contributed by atoms with van der Waals surface area (Å²) in [7, 11) is 1.32. The monoisotopic (exact) mass is 374 g/mol. The molecule has 0 N–H and O–H groups in total. The maximum absolute atomic E-state index is 12.3. The Morgan fingerprint density at radius 3 is 2.64 bits per heavy atom. The molecule has 0 radical (unpaired) electrons. The van der Waals surface area contributed by atoms with Crippen molar-refractivity contribution >= 4 is 45.0 Å². The van der Waals surface area contributed by atoms with E-state index in [9.17, 15) is 9.59 Å². The lowest BCUT2D eigenvalue weighted by molar-refractivity contribution is -0.141. The molecule has 25 heavy (non-hydrogen) atoms. The van der Waals surface area contributed by atoms with Gasteiger partial charge in [0, 0.05) is 0 Å². The lowest BCUT2D eigenvalue weighted by atomic mass is 10.1. The molecule has 5 nitrogen and oxygen atoms in total. The van der Waals surface area contributed by atoms with Crippen LogP contribution in [0, 0.1) is 0 Å². The van der Waals surface area contributed by atoms with Crippen molar-refractivity contribution in [2.45, 2.75) is 13.0 Å². The van der Waals surface area contributed by atoms with Gasteiger partial charge in [-0.1, -0.05) is 59.3 Å². The number of carbonyl (C=O) groups is 2. The van der Waals surface area contributed by atoms with E-state index in [4.69, 9.17) is 16.3 Å². The summed E-state index contributed by atoms with van der Waals surface area (Å²) in [5.41, 5.74) is 1.56. The fourth-order valence-corrected chi connectivity index (χ4v) is 3.84. The Balaban J connectivity index is 2.05. The fourth-order valence-electron chi connectivity index (χ4n) is 2.43. The van der Waals surface area contributed by atoms with Crippen LogP contribution in [0.1, 0.15) is 5.56 Å². The van der Waals surface area contributed by atoms with Crippen molar-refractivity contribution in [2.24, 2.45) is 4.99 Å². The number of nitrogens with zero attached hydrogens (tertiary/aromatic N) is 2. The third-order valence-corrected chi connectivity index (χ3v) is 4.93. The SMILES string of the molecule is COC(=O)Cn1c(=NC(=O)Cc2ccccc2)sc2cccc(Cl)c21. The molecule has 3 rings (SSSR count). The average Bonchev–Trinajstić information content (AvgIpc) is 2.94. The number of rotatable bonds is 4. The first-order valence-electron chi connectivity index (χ1n) is 7.54. The first kappa shape index (κ1) is 17.4. The number of para-hydroxylation sites is 1. The average molecular weight is 375 g/mol. The van der Waals surface area contributed by atoms with E-state index in [1.165, 1.54) is 18.4 Å². The van der Waals surface area contributed by atoms with Crippen LogP contribution in [0.5, 0.6) is 0 Å². The molecule has 7 heteroatoms. The molecule has 0 spiro atoms. The lowest BCUT2D eigenvalue weighted by Gasteiger charge is -2.04. The van der Waals surface area contributed by atoms with Gasteiger partial charge in [-0.25, -0.2) is 0 Å². The number of methoxy groups -OCH3 is 1. The van der Waals surface area contributed by atoms with Crippen molar-refractivity contribution < 1.29 is 14.3 Å². The van der Waals surface area contributed by atoms with Crippen LogP contribution in [0.15, 0.2) is 53.5 Å². The van der Waals surface area contributed by atoms with E-state index in [0.717, 1.165) is 10.3 Å². The smallest absolute Gasteiger partial charge is 0.325 e. The highest BCUT2D eigenvalue weighted by Crippen LogP contribution is 2.25. The minimum Gasteiger partial charge on any atom is -0.468 e. The van der Waals surface area contributed by atoms with Crippen LogP contribution in [0.4, 0.5) is 0 Å². The van der Waals surface area contributed by atoms with Crippen LogP contribution in [0.25, 0.3) is 10.2 Å². The Morgan fingerprint density at radius 1 is 1.16 bits per heavy atom. The summed E-state index contributed by atoms with van der Waals surface area (Å²) in [6.45, 7) is -0.0579. The van der Waals surface area contributed by atoms with Crippen molar-refractivity contribution in [1.82, 2.24) is 4.57 Å². The van der Waals surface area contributed by atoms with Crippen LogP contribution in [-0.2, 0) is 27.3 Å². The Bertz CT molecular complexity index is 992. The molecular weight excluding hydrogens is 360 g/mol. The molecule has 128 valence electrons. The molecule has 0 aliphatic rings. The largest absolute Gasteiger partial charge is 0.468 e. The number of benzene rings is 2. The maximum atomic E-state index is 12.3. The number of fused-ring (bicyclic) bond motifs is 1. The predicted molar refractivity (Wildman–Crippen MR) is 97.6 cm³/mol. The van der Waals surface area contributed by atoms with Gasteiger partial charge in [0.15, 0.2) is 4.80 Å². The third-order valence-electron chi connectivity index (χ3n) is 3.59. The van der Waals surface area contributed by atoms with Crippen molar-refractivity contribution in [1.29, 1.82) is 0 Å². The zero-order valence-electron chi connectivity index (χ0n) is 13.4. The number of halogens is 1. The topological polar surface area (TPSA) is 60.7 Å². The number of hydrogen-bond donors (Lipinski definition) is 0. The summed E-state index contributed by atoms with van der Waals surface area (Å²) in [6, 6.07) is 14.8. The van der Waals surface area contributed by atoms with Gasteiger partial charge in [-0.15, -0.1) is 0 Å². The van der Waals surface area contributed by atoms with Gasteiger partial charge in [0.25, 0.3) is 5.91 Å². The fraction of sp³-hybridized carbons (Fsp3) is 0.167. The minimum absolute atomic E-state index is 0.0579. The zero-order valence-corrected chi connectivity index (χ0v) is 15.0. The molecular formula is C18H15ClN2O3S. The second-order valence-corrected chi connectivity index (χ2v) is 6.72. The summed E-state index contributed by atoms with van der Waals surface area (Å²) >= 11 is 7.59. The van der Waals surface area contributed by atoms with E-state index in [1.54, 1.807) is 10.6 Å². The van der Waals surface area contributed by atoms with Gasteiger partial charge in [0.2, 0.25) is 0 Å². The van der Waals surface area contributed by atoms with Gasteiger partial charge in [-0.3, -0.25) is 9.59 Å². The van der Waals surface area contributed by atoms with E-state index in [-0.39, 0.29) is 18.9 Å². The molecule has 0 saturated heterocycles. The van der Waals surface area contributed by atoms with E-state index in [1.807, 2.05) is 42.5 Å². The summed E-state index contributed by atoms with van der Waals surface area (Å²) in [5.74, 6) is -0.718. The van der Waals surface area contributed by atoms with E-state index in [2.05, 4.69) is 4.99 Å². The quantitative estimate of drug-likeness (QED) is 0.659. The summed E-state index contributed by atoms with van der Waals surface area (Å²) in [5, 5.41) is 0.495. The molecule has 1 amide bonds. The number of esters is 1. The summed E-state index contributed by atoms with van der Waals surface area (Å²) in [6.07, 6.45) is 0.195. The lowest BCUT2D eigenvalue weighted by Crippen LogP contribution is -2.22. The molecule has 0 unspecified atom stereocenters. The van der Waals surface area contributed by atoms with Gasteiger partial charge in [-0.2, -0.15) is 4.99 Å². The van der Waals surface area contributed by atoms with Crippen molar-refractivity contribution in [2.75, 3.05) is 7.11 Å². The van der Waals surface area contributed by atoms with Gasteiger partial charge in [-0.05, 0) is 17.7 Å². The first-order valence-corrected chi connectivity index (χ1v) is 8.74. The van der Waals surface area contributed by atoms with Crippen LogP contribution in [-0.4, -0.2) is 23.6 Å². The number of carbonyl (C=O) groups excluding carboxylic acids is 2. The predicted octanol–water partition coefficient (Wildman–Crippen LogP) is 3.20.